The second-order valence-corrected chi connectivity index (χ2v) is 5.36. The minimum atomic E-state index is -1.18. The lowest BCUT2D eigenvalue weighted by atomic mass is 9.83. The molecule has 1 aromatic heterocycles. The van der Waals surface area contributed by atoms with Crippen molar-refractivity contribution in [2.45, 2.75) is 25.8 Å². The zero-order valence-corrected chi connectivity index (χ0v) is 12.2. The van der Waals surface area contributed by atoms with Crippen LogP contribution in [0.3, 0.4) is 0 Å². The van der Waals surface area contributed by atoms with Gasteiger partial charge in [0.05, 0.1) is 12.0 Å². The molecule has 1 aromatic carbocycles. The van der Waals surface area contributed by atoms with E-state index in [-0.39, 0.29) is 23.8 Å². The van der Waals surface area contributed by atoms with E-state index in [1.165, 1.54) is 18.2 Å². The van der Waals surface area contributed by atoms with Gasteiger partial charge in [0.15, 0.2) is 0 Å². The monoisotopic (exact) mass is 305 g/mol. The van der Waals surface area contributed by atoms with Crippen LogP contribution in [0, 0.1) is 5.82 Å². The van der Waals surface area contributed by atoms with E-state index in [0.29, 0.717) is 5.76 Å². The highest BCUT2D eigenvalue weighted by atomic mass is 19.1. The van der Waals surface area contributed by atoms with Gasteiger partial charge in [-0.1, -0.05) is 18.2 Å². The average molecular weight is 305 g/mol. The smallest absolute Gasteiger partial charge is 0.371 e. The largest absolute Gasteiger partial charge is 0.475 e. The van der Waals surface area contributed by atoms with E-state index in [0.717, 1.165) is 0 Å². The van der Waals surface area contributed by atoms with E-state index in [9.17, 15) is 14.0 Å². The third-order valence-corrected chi connectivity index (χ3v) is 3.41. The number of hydrogen-bond donors (Lipinski definition) is 2. The molecule has 0 radical (unpaired) electrons. The molecule has 0 aliphatic rings. The topological polar surface area (TPSA) is 79.5 Å². The van der Waals surface area contributed by atoms with E-state index < -0.39 is 17.2 Å². The summed E-state index contributed by atoms with van der Waals surface area (Å²) in [5.41, 5.74) is -0.772. The van der Waals surface area contributed by atoms with Crippen LogP contribution in [0.1, 0.15) is 35.7 Å². The van der Waals surface area contributed by atoms with Gasteiger partial charge in [-0.25, -0.2) is 9.18 Å². The predicted molar refractivity (Wildman–Crippen MR) is 76.9 cm³/mol. The lowest BCUT2D eigenvalue weighted by Gasteiger charge is -2.24. The van der Waals surface area contributed by atoms with Crippen LogP contribution in [0.2, 0.25) is 0 Å². The van der Waals surface area contributed by atoms with Crippen LogP contribution in [0.5, 0.6) is 0 Å². The number of amides is 1. The van der Waals surface area contributed by atoms with Crippen molar-refractivity contribution in [1.29, 1.82) is 0 Å². The Morgan fingerprint density at radius 1 is 1.23 bits per heavy atom. The normalized spacial score (nSPS) is 11.2. The number of carboxylic acids is 1. The molecule has 0 spiro atoms. The molecule has 0 aliphatic heterocycles. The number of carbonyl (C=O) groups is 2. The van der Waals surface area contributed by atoms with Gasteiger partial charge >= 0.3 is 5.97 Å². The number of carbonyl (C=O) groups excluding carboxylic acids is 1. The Hall–Kier alpha value is -2.63. The van der Waals surface area contributed by atoms with Gasteiger partial charge in [0, 0.05) is 5.56 Å². The Balaban J connectivity index is 2.07. The molecule has 2 rings (SSSR count). The van der Waals surface area contributed by atoms with E-state index in [2.05, 4.69) is 5.32 Å². The van der Waals surface area contributed by atoms with Crippen LogP contribution >= 0.6 is 0 Å². The molecule has 1 amide bonds. The molecule has 0 unspecified atom stereocenters. The molecule has 0 bridgehead atoms. The fraction of sp³-hybridized carbons (Fsp3) is 0.250. The maximum atomic E-state index is 13.8. The Bertz CT molecular complexity index is 706. The highest BCUT2D eigenvalue weighted by molar-refractivity contribution is 5.87. The Kier molecular flexibility index (Phi) is 4.30. The number of halogens is 1. The Morgan fingerprint density at radius 2 is 1.91 bits per heavy atom. The number of aromatic carboxylic acids is 1. The van der Waals surface area contributed by atoms with Crippen molar-refractivity contribution in [1.82, 2.24) is 5.32 Å². The summed E-state index contributed by atoms with van der Waals surface area (Å²) in [5, 5.41) is 11.4. The van der Waals surface area contributed by atoms with Crippen molar-refractivity contribution in [2.75, 3.05) is 0 Å². The van der Waals surface area contributed by atoms with Crippen molar-refractivity contribution >= 4 is 11.9 Å². The summed E-state index contributed by atoms with van der Waals surface area (Å²) >= 11 is 0. The third kappa shape index (κ3) is 3.16. The molecule has 6 heteroatoms. The standard InChI is InChI=1S/C16H16FNO4/c1-16(2,11-5-3-4-6-12(11)17)15(21)18-9-10-7-8-13(22-10)14(19)20/h3-8H,9H2,1-2H3,(H,18,21)(H,19,20). The average Bonchev–Trinajstić information content (AvgIpc) is 2.94. The van der Waals surface area contributed by atoms with Crippen LogP contribution < -0.4 is 5.32 Å². The second kappa shape index (κ2) is 6.01. The molecule has 5 nitrogen and oxygen atoms in total. The van der Waals surface area contributed by atoms with Crippen LogP contribution in [0.4, 0.5) is 4.39 Å². The molecule has 0 atom stereocenters. The molecule has 0 fully saturated rings. The number of hydrogen-bond acceptors (Lipinski definition) is 3. The number of rotatable bonds is 5. The summed E-state index contributed by atoms with van der Waals surface area (Å²) in [4.78, 5) is 23.0. The molecule has 116 valence electrons. The predicted octanol–water partition coefficient (Wildman–Crippen LogP) is 2.71. The molecule has 1 heterocycles. The third-order valence-electron chi connectivity index (χ3n) is 3.41. The molecule has 22 heavy (non-hydrogen) atoms. The van der Waals surface area contributed by atoms with E-state index in [1.807, 2.05) is 0 Å². The van der Waals surface area contributed by atoms with Gasteiger partial charge < -0.3 is 14.8 Å². The fourth-order valence-corrected chi connectivity index (χ4v) is 2.07. The Morgan fingerprint density at radius 3 is 2.50 bits per heavy atom. The first-order valence-corrected chi connectivity index (χ1v) is 6.67. The Labute approximate surface area is 126 Å². The summed E-state index contributed by atoms with van der Waals surface area (Å²) in [6.45, 7) is 3.26. The zero-order chi connectivity index (χ0) is 16.3. The summed E-state index contributed by atoms with van der Waals surface area (Å²) in [6.07, 6.45) is 0. The second-order valence-electron chi connectivity index (χ2n) is 5.36. The molecule has 0 saturated heterocycles. The lowest BCUT2D eigenvalue weighted by molar-refractivity contribution is -0.126. The van der Waals surface area contributed by atoms with Crippen LogP contribution in [-0.4, -0.2) is 17.0 Å². The van der Waals surface area contributed by atoms with Crippen molar-refractivity contribution < 1.29 is 23.5 Å². The van der Waals surface area contributed by atoms with Crippen molar-refractivity contribution in [2.24, 2.45) is 0 Å². The van der Waals surface area contributed by atoms with Gasteiger partial charge in [-0.2, -0.15) is 0 Å². The number of carboxylic acid groups (broad SMARTS) is 1. The molecule has 2 aromatic rings. The number of furan rings is 1. The van der Waals surface area contributed by atoms with Crippen molar-refractivity contribution in [3.05, 3.63) is 59.3 Å². The number of nitrogens with one attached hydrogen (secondary N) is 1. The first kappa shape index (κ1) is 15.8. The van der Waals surface area contributed by atoms with E-state index in [1.54, 1.807) is 32.0 Å². The van der Waals surface area contributed by atoms with Crippen molar-refractivity contribution in [3.63, 3.8) is 0 Å². The van der Waals surface area contributed by atoms with Gasteiger partial charge in [-0.05, 0) is 32.0 Å². The maximum absolute atomic E-state index is 13.8. The van der Waals surface area contributed by atoms with Crippen molar-refractivity contribution in [3.8, 4) is 0 Å². The molecule has 2 N–H and O–H groups in total. The summed E-state index contributed by atoms with van der Waals surface area (Å²) in [6, 6.07) is 8.87. The highest BCUT2D eigenvalue weighted by Gasteiger charge is 2.32. The SMILES string of the molecule is CC(C)(C(=O)NCc1ccc(C(=O)O)o1)c1ccccc1F. The van der Waals surface area contributed by atoms with Gasteiger partial charge in [-0.3, -0.25) is 4.79 Å². The van der Waals surface area contributed by atoms with Crippen LogP contribution in [0.15, 0.2) is 40.8 Å². The van der Waals surface area contributed by atoms with Gasteiger partial charge in [0.1, 0.15) is 11.6 Å². The maximum Gasteiger partial charge on any atom is 0.371 e. The summed E-state index contributed by atoms with van der Waals surface area (Å²) in [7, 11) is 0. The summed E-state index contributed by atoms with van der Waals surface area (Å²) < 4.78 is 18.9. The quantitative estimate of drug-likeness (QED) is 0.890. The highest BCUT2D eigenvalue weighted by Crippen LogP contribution is 2.26. The van der Waals surface area contributed by atoms with Gasteiger partial charge in [-0.15, -0.1) is 0 Å². The van der Waals surface area contributed by atoms with Crippen LogP contribution in [-0.2, 0) is 16.8 Å². The van der Waals surface area contributed by atoms with E-state index >= 15 is 0 Å². The van der Waals surface area contributed by atoms with Crippen LogP contribution in [0.25, 0.3) is 0 Å². The van der Waals surface area contributed by atoms with Gasteiger partial charge in [0.2, 0.25) is 11.7 Å². The minimum Gasteiger partial charge on any atom is -0.475 e. The lowest BCUT2D eigenvalue weighted by Crippen LogP contribution is -2.40. The molecule has 0 aliphatic carbocycles. The molecular weight excluding hydrogens is 289 g/mol. The fourth-order valence-electron chi connectivity index (χ4n) is 2.07. The van der Waals surface area contributed by atoms with E-state index in [4.69, 9.17) is 9.52 Å². The first-order chi connectivity index (χ1) is 10.3. The first-order valence-electron chi connectivity index (χ1n) is 6.67. The number of benzene rings is 1. The molecular formula is C16H16FNO4. The summed E-state index contributed by atoms with van der Waals surface area (Å²) in [5.74, 6) is -1.89. The minimum absolute atomic E-state index is 0.0317. The zero-order valence-electron chi connectivity index (χ0n) is 12.2. The van der Waals surface area contributed by atoms with Gasteiger partial charge in [0.25, 0.3) is 0 Å². The molecule has 0 saturated carbocycles.